The smallest absolute Gasteiger partial charge is 0.272 e. The van der Waals surface area contributed by atoms with Gasteiger partial charge >= 0.3 is 0 Å². The molecule has 1 aliphatic heterocycles. The number of ether oxygens (including phenoxy) is 2. The standard InChI is InChI=1S/C18H15NO5/c1-23-16-10-12(6-8-14(16)20)7-9-17(21)19-13-4-2-3-5-15(13)24-11-18(19)22/h2-10,20H,11H2,1H3/b9-7+. The van der Waals surface area contributed by atoms with E-state index >= 15 is 0 Å². The first-order chi connectivity index (χ1) is 11.6. The minimum Gasteiger partial charge on any atom is -0.504 e. The van der Waals surface area contributed by atoms with Crippen LogP contribution in [-0.4, -0.2) is 30.6 Å². The van der Waals surface area contributed by atoms with E-state index in [0.717, 1.165) is 4.90 Å². The van der Waals surface area contributed by atoms with E-state index in [9.17, 15) is 14.7 Å². The molecular weight excluding hydrogens is 310 g/mol. The first-order valence-corrected chi connectivity index (χ1v) is 7.24. The number of anilines is 1. The summed E-state index contributed by atoms with van der Waals surface area (Å²) in [5, 5.41) is 9.58. The van der Waals surface area contributed by atoms with Crippen LogP contribution in [-0.2, 0) is 9.59 Å². The molecule has 122 valence electrons. The molecule has 0 aromatic heterocycles. The molecule has 2 amide bonds. The number of benzene rings is 2. The monoisotopic (exact) mass is 325 g/mol. The zero-order valence-corrected chi connectivity index (χ0v) is 12.9. The normalized spacial score (nSPS) is 13.5. The summed E-state index contributed by atoms with van der Waals surface area (Å²) in [7, 11) is 1.44. The lowest BCUT2D eigenvalue weighted by atomic mass is 10.1. The molecule has 24 heavy (non-hydrogen) atoms. The third-order valence-electron chi connectivity index (χ3n) is 3.55. The van der Waals surface area contributed by atoms with E-state index in [2.05, 4.69) is 0 Å². The highest BCUT2D eigenvalue weighted by molar-refractivity contribution is 6.21. The van der Waals surface area contributed by atoms with Gasteiger partial charge < -0.3 is 14.6 Å². The van der Waals surface area contributed by atoms with Gasteiger partial charge in [-0.05, 0) is 35.9 Å². The average Bonchev–Trinajstić information content (AvgIpc) is 2.60. The molecule has 6 nitrogen and oxygen atoms in total. The maximum absolute atomic E-state index is 12.4. The Balaban J connectivity index is 1.86. The molecule has 0 spiro atoms. The van der Waals surface area contributed by atoms with Crippen molar-refractivity contribution in [2.45, 2.75) is 0 Å². The van der Waals surface area contributed by atoms with Crippen LogP contribution in [0.3, 0.4) is 0 Å². The van der Waals surface area contributed by atoms with Crippen LogP contribution in [0.4, 0.5) is 5.69 Å². The average molecular weight is 325 g/mol. The molecular formula is C18H15NO5. The van der Waals surface area contributed by atoms with Crippen LogP contribution >= 0.6 is 0 Å². The fourth-order valence-corrected chi connectivity index (χ4v) is 2.38. The number of imide groups is 1. The van der Waals surface area contributed by atoms with Gasteiger partial charge in [0.05, 0.1) is 12.8 Å². The minimum atomic E-state index is -0.470. The number of para-hydroxylation sites is 2. The van der Waals surface area contributed by atoms with Gasteiger partial charge in [-0.3, -0.25) is 9.59 Å². The van der Waals surface area contributed by atoms with Crippen molar-refractivity contribution in [1.82, 2.24) is 0 Å². The number of phenols is 1. The lowest BCUT2D eigenvalue weighted by Crippen LogP contribution is -2.42. The Bertz CT molecular complexity index is 828. The molecule has 2 aromatic carbocycles. The molecule has 0 saturated heterocycles. The van der Waals surface area contributed by atoms with E-state index in [1.165, 1.54) is 19.3 Å². The van der Waals surface area contributed by atoms with Crippen LogP contribution in [0, 0.1) is 0 Å². The van der Waals surface area contributed by atoms with E-state index in [4.69, 9.17) is 9.47 Å². The summed E-state index contributed by atoms with van der Waals surface area (Å²) in [6.45, 7) is -0.177. The third-order valence-corrected chi connectivity index (χ3v) is 3.55. The van der Waals surface area contributed by atoms with Crippen molar-refractivity contribution in [2.24, 2.45) is 0 Å². The van der Waals surface area contributed by atoms with Gasteiger partial charge in [-0.15, -0.1) is 0 Å². The van der Waals surface area contributed by atoms with Crippen LogP contribution in [0.15, 0.2) is 48.5 Å². The van der Waals surface area contributed by atoms with Crippen molar-refractivity contribution >= 4 is 23.6 Å². The lowest BCUT2D eigenvalue weighted by Gasteiger charge is -2.26. The van der Waals surface area contributed by atoms with Gasteiger partial charge in [0.1, 0.15) is 5.75 Å². The molecule has 3 rings (SSSR count). The van der Waals surface area contributed by atoms with Gasteiger partial charge in [0, 0.05) is 6.08 Å². The first-order valence-electron chi connectivity index (χ1n) is 7.24. The highest BCUT2D eigenvalue weighted by Crippen LogP contribution is 2.32. The van der Waals surface area contributed by atoms with Crippen molar-refractivity contribution in [3.05, 3.63) is 54.1 Å². The fraction of sp³-hybridized carbons (Fsp3) is 0.111. The molecule has 0 radical (unpaired) electrons. The molecule has 1 heterocycles. The summed E-state index contributed by atoms with van der Waals surface area (Å²) in [4.78, 5) is 25.6. The van der Waals surface area contributed by atoms with Crippen LogP contribution in [0.1, 0.15) is 5.56 Å². The third kappa shape index (κ3) is 2.94. The predicted octanol–water partition coefficient (Wildman–Crippen LogP) is 2.37. The number of phenolic OH excluding ortho intramolecular Hbond substituents is 1. The number of fused-ring (bicyclic) bond motifs is 1. The summed E-state index contributed by atoms with van der Waals surface area (Å²) in [5.41, 5.74) is 1.08. The molecule has 1 aliphatic rings. The highest BCUT2D eigenvalue weighted by atomic mass is 16.5. The molecule has 0 unspecified atom stereocenters. The first kappa shape index (κ1) is 15.6. The minimum absolute atomic E-state index is 0.0123. The highest BCUT2D eigenvalue weighted by Gasteiger charge is 2.29. The van der Waals surface area contributed by atoms with Gasteiger partial charge in [-0.1, -0.05) is 18.2 Å². The maximum Gasteiger partial charge on any atom is 0.272 e. The van der Waals surface area contributed by atoms with E-state index in [1.807, 2.05) is 0 Å². The summed E-state index contributed by atoms with van der Waals surface area (Å²) < 4.78 is 10.3. The Labute approximate surface area is 138 Å². The topological polar surface area (TPSA) is 76.1 Å². The Morgan fingerprint density at radius 3 is 2.88 bits per heavy atom. The zero-order chi connectivity index (χ0) is 17.1. The van der Waals surface area contributed by atoms with Crippen LogP contribution in [0.5, 0.6) is 17.2 Å². The number of amides is 2. The lowest BCUT2D eigenvalue weighted by molar-refractivity contribution is -0.126. The van der Waals surface area contributed by atoms with Crippen LogP contribution in [0.25, 0.3) is 6.08 Å². The second kappa shape index (κ2) is 6.45. The number of hydrogen-bond donors (Lipinski definition) is 1. The largest absolute Gasteiger partial charge is 0.504 e. The molecule has 0 fully saturated rings. The molecule has 2 aromatic rings. The quantitative estimate of drug-likeness (QED) is 0.877. The van der Waals surface area contributed by atoms with Crippen molar-refractivity contribution in [2.75, 3.05) is 18.6 Å². The number of methoxy groups -OCH3 is 1. The van der Waals surface area contributed by atoms with Gasteiger partial charge in [0.15, 0.2) is 18.1 Å². The molecule has 0 aliphatic carbocycles. The Morgan fingerprint density at radius 2 is 2.08 bits per heavy atom. The summed E-state index contributed by atoms with van der Waals surface area (Å²) in [6.07, 6.45) is 2.85. The van der Waals surface area contributed by atoms with E-state index in [-0.39, 0.29) is 12.4 Å². The summed E-state index contributed by atoms with van der Waals surface area (Å²) in [5.74, 6) is -0.0877. The van der Waals surface area contributed by atoms with Gasteiger partial charge in [0.2, 0.25) is 0 Å². The number of rotatable bonds is 3. The summed E-state index contributed by atoms with van der Waals surface area (Å²) >= 11 is 0. The van der Waals surface area contributed by atoms with Gasteiger partial charge in [-0.2, -0.15) is 0 Å². The second-order valence-electron chi connectivity index (χ2n) is 5.09. The van der Waals surface area contributed by atoms with Gasteiger partial charge in [0.25, 0.3) is 11.8 Å². The van der Waals surface area contributed by atoms with Crippen LogP contribution in [0.2, 0.25) is 0 Å². The maximum atomic E-state index is 12.4. The SMILES string of the molecule is COc1cc(/C=C/C(=O)N2C(=O)COc3ccccc32)ccc1O. The number of hydrogen-bond acceptors (Lipinski definition) is 5. The Kier molecular flexibility index (Phi) is 4.20. The van der Waals surface area contributed by atoms with Gasteiger partial charge in [-0.25, -0.2) is 4.90 Å². The molecule has 0 atom stereocenters. The second-order valence-corrected chi connectivity index (χ2v) is 5.09. The van der Waals surface area contributed by atoms with Crippen molar-refractivity contribution < 1.29 is 24.2 Å². The molecule has 6 heteroatoms. The number of nitrogens with zero attached hydrogens (tertiary/aromatic N) is 1. The van der Waals surface area contributed by atoms with E-state index in [1.54, 1.807) is 42.5 Å². The van der Waals surface area contributed by atoms with Crippen LogP contribution < -0.4 is 14.4 Å². The predicted molar refractivity (Wildman–Crippen MR) is 88.1 cm³/mol. The Morgan fingerprint density at radius 1 is 1.29 bits per heavy atom. The number of carbonyl (C=O) groups excluding carboxylic acids is 2. The molecule has 1 N–H and O–H groups in total. The number of carbonyl (C=O) groups is 2. The van der Waals surface area contributed by atoms with Crippen molar-refractivity contribution in [1.29, 1.82) is 0 Å². The van der Waals surface area contributed by atoms with Crippen molar-refractivity contribution in [3.8, 4) is 17.2 Å². The zero-order valence-electron chi connectivity index (χ0n) is 12.9. The molecule has 0 bridgehead atoms. The summed E-state index contributed by atoms with van der Waals surface area (Å²) in [6, 6.07) is 11.6. The molecule has 0 saturated carbocycles. The fourth-order valence-electron chi connectivity index (χ4n) is 2.38. The Hall–Kier alpha value is -3.28. The van der Waals surface area contributed by atoms with E-state index in [0.29, 0.717) is 22.7 Å². The number of aromatic hydroxyl groups is 1. The van der Waals surface area contributed by atoms with E-state index < -0.39 is 11.8 Å². The van der Waals surface area contributed by atoms with Crippen molar-refractivity contribution in [3.63, 3.8) is 0 Å².